The highest BCUT2D eigenvalue weighted by Crippen LogP contribution is 2.41. The molecule has 0 bridgehead atoms. The van der Waals surface area contributed by atoms with Crippen LogP contribution >= 0.6 is 0 Å². The van der Waals surface area contributed by atoms with Crippen LogP contribution in [0.2, 0.25) is 0 Å². The second-order valence-electron chi connectivity index (χ2n) is 6.88. The van der Waals surface area contributed by atoms with Gasteiger partial charge in [-0.1, -0.05) is 12.8 Å². The Kier molecular flexibility index (Phi) is 5.96. The number of alkyl halides is 6. The maximum absolute atomic E-state index is 13.0. The van der Waals surface area contributed by atoms with E-state index in [-0.39, 0.29) is 19.4 Å². The normalized spacial score (nSPS) is 30.3. The van der Waals surface area contributed by atoms with Gasteiger partial charge in [-0.25, -0.2) is 4.79 Å². The number of carbonyl (C=O) groups excluding carboxylic acids is 1. The van der Waals surface area contributed by atoms with E-state index in [1.165, 1.54) is 0 Å². The van der Waals surface area contributed by atoms with E-state index in [0.717, 1.165) is 0 Å². The zero-order chi connectivity index (χ0) is 19.7. The molecule has 1 aliphatic carbocycles. The smallest absolute Gasteiger partial charge is 0.394 e. The molecule has 2 rings (SSSR count). The summed E-state index contributed by atoms with van der Waals surface area (Å²) in [6, 6.07) is -0.963. The molecule has 26 heavy (non-hydrogen) atoms. The van der Waals surface area contributed by atoms with E-state index in [1.807, 2.05) is 0 Å². The van der Waals surface area contributed by atoms with Gasteiger partial charge in [0.1, 0.15) is 0 Å². The molecule has 2 amide bonds. The summed E-state index contributed by atoms with van der Waals surface area (Å²) in [4.78, 5) is 23.8. The SMILES string of the molecule is O=C(O)[C@@H]1CN(C(=O)NCC2CCCCC2C(F)(F)F)C[C@H]1C(F)(F)F. The van der Waals surface area contributed by atoms with Crippen LogP contribution < -0.4 is 5.32 Å². The number of likely N-dealkylation sites (tertiary alicyclic amines) is 1. The number of urea groups is 1. The van der Waals surface area contributed by atoms with Crippen LogP contribution in [0.15, 0.2) is 0 Å². The van der Waals surface area contributed by atoms with Crippen LogP contribution in [0.5, 0.6) is 0 Å². The first-order valence-corrected chi connectivity index (χ1v) is 8.30. The highest BCUT2D eigenvalue weighted by Gasteiger charge is 2.53. The molecule has 11 heteroatoms. The van der Waals surface area contributed by atoms with Crippen LogP contribution in [0, 0.1) is 23.7 Å². The first kappa shape index (κ1) is 20.6. The number of rotatable bonds is 3. The van der Waals surface area contributed by atoms with Crippen molar-refractivity contribution in [3.05, 3.63) is 0 Å². The summed E-state index contributed by atoms with van der Waals surface area (Å²) in [5.74, 6) is -8.01. The molecule has 1 saturated carbocycles. The summed E-state index contributed by atoms with van der Waals surface area (Å²) in [6.07, 6.45) is -7.90. The molecule has 0 radical (unpaired) electrons. The largest absolute Gasteiger partial charge is 0.481 e. The van der Waals surface area contributed by atoms with E-state index >= 15 is 0 Å². The fraction of sp³-hybridized carbons (Fsp3) is 0.867. The fourth-order valence-electron chi connectivity index (χ4n) is 3.76. The highest BCUT2D eigenvalue weighted by atomic mass is 19.4. The first-order chi connectivity index (χ1) is 11.9. The molecular weight excluding hydrogens is 370 g/mol. The Morgan fingerprint density at radius 3 is 2.04 bits per heavy atom. The molecule has 150 valence electrons. The van der Waals surface area contributed by atoms with Crippen LogP contribution in [-0.4, -0.2) is 54.0 Å². The van der Waals surface area contributed by atoms with Crippen molar-refractivity contribution in [3.63, 3.8) is 0 Å². The Bertz CT molecular complexity index is 536. The minimum atomic E-state index is -4.77. The number of aliphatic carboxylic acids is 1. The molecule has 2 N–H and O–H groups in total. The number of carbonyl (C=O) groups is 2. The van der Waals surface area contributed by atoms with E-state index in [9.17, 15) is 35.9 Å². The molecule has 0 spiro atoms. The second-order valence-corrected chi connectivity index (χ2v) is 6.88. The van der Waals surface area contributed by atoms with Crippen molar-refractivity contribution in [2.45, 2.75) is 38.0 Å². The van der Waals surface area contributed by atoms with Gasteiger partial charge >= 0.3 is 24.4 Å². The van der Waals surface area contributed by atoms with Crippen molar-refractivity contribution in [2.75, 3.05) is 19.6 Å². The van der Waals surface area contributed by atoms with Gasteiger partial charge in [0.2, 0.25) is 0 Å². The van der Waals surface area contributed by atoms with Gasteiger partial charge in [-0.05, 0) is 18.8 Å². The van der Waals surface area contributed by atoms with Gasteiger partial charge in [0.05, 0.1) is 17.8 Å². The van der Waals surface area contributed by atoms with Gasteiger partial charge in [-0.15, -0.1) is 0 Å². The number of amides is 2. The van der Waals surface area contributed by atoms with Crippen molar-refractivity contribution in [3.8, 4) is 0 Å². The second kappa shape index (κ2) is 7.51. The molecule has 2 aliphatic rings. The number of hydrogen-bond donors (Lipinski definition) is 2. The third kappa shape index (κ3) is 4.73. The Morgan fingerprint density at radius 1 is 0.962 bits per heavy atom. The van der Waals surface area contributed by atoms with Crippen molar-refractivity contribution in [2.24, 2.45) is 23.7 Å². The maximum Gasteiger partial charge on any atom is 0.394 e. The number of nitrogens with zero attached hydrogens (tertiary/aromatic N) is 1. The number of hydrogen-bond acceptors (Lipinski definition) is 2. The maximum atomic E-state index is 13.0. The van der Waals surface area contributed by atoms with Crippen molar-refractivity contribution in [1.29, 1.82) is 0 Å². The standard InChI is InChI=1S/C15H20F6N2O3/c16-14(17,18)10-4-2-1-3-8(10)5-22-13(26)23-6-9(12(24)25)11(7-23)15(19,20)21/h8-11H,1-7H2,(H,22,26)(H,24,25)/t8?,9-,10?,11-/m1/s1. The molecule has 0 aromatic heterocycles. The third-order valence-corrected chi connectivity index (χ3v) is 5.19. The summed E-state index contributed by atoms with van der Waals surface area (Å²) in [5, 5.41) is 11.2. The van der Waals surface area contributed by atoms with Crippen LogP contribution in [-0.2, 0) is 4.79 Å². The van der Waals surface area contributed by atoms with E-state index in [2.05, 4.69) is 5.32 Å². The Balaban J connectivity index is 1.96. The van der Waals surface area contributed by atoms with Crippen LogP contribution in [0.3, 0.4) is 0 Å². The summed E-state index contributed by atoms with van der Waals surface area (Å²) in [6.45, 7) is -1.74. The van der Waals surface area contributed by atoms with Gasteiger partial charge < -0.3 is 15.3 Å². The lowest BCUT2D eigenvalue weighted by Crippen LogP contribution is -2.45. The van der Waals surface area contributed by atoms with Crippen molar-refractivity contribution in [1.82, 2.24) is 10.2 Å². The molecule has 2 unspecified atom stereocenters. The molecule has 1 aliphatic heterocycles. The van der Waals surface area contributed by atoms with Crippen molar-refractivity contribution >= 4 is 12.0 Å². The van der Waals surface area contributed by atoms with Crippen LogP contribution in [0.4, 0.5) is 31.1 Å². The van der Waals surface area contributed by atoms with Gasteiger partial charge in [-0.2, -0.15) is 26.3 Å². The average Bonchev–Trinajstić information content (AvgIpc) is 2.98. The quantitative estimate of drug-likeness (QED) is 0.727. The number of halogens is 6. The molecule has 0 aromatic rings. The number of carboxylic acid groups (broad SMARTS) is 1. The minimum Gasteiger partial charge on any atom is -0.481 e. The van der Waals surface area contributed by atoms with E-state index in [0.29, 0.717) is 17.7 Å². The van der Waals surface area contributed by atoms with Gasteiger partial charge in [0.25, 0.3) is 0 Å². The van der Waals surface area contributed by atoms with E-state index in [4.69, 9.17) is 5.11 Å². The summed E-state index contributed by atoms with van der Waals surface area (Å²) < 4.78 is 77.8. The lowest BCUT2D eigenvalue weighted by atomic mass is 9.79. The monoisotopic (exact) mass is 390 g/mol. The minimum absolute atomic E-state index is 0.0367. The number of nitrogens with one attached hydrogen (secondary N) is 1. The van der Waals surface area contributed by atoms with Crippen LogP contribution in [0.25, 0.3) is 0 Å². The predicted octanol–water partition coefficient (Wildman–Crippen LogP) is 3.26. The molecule has 4 atom stereocenters. The van der Waals surface area contributed by atoms with Crippen LogP contribution in [0.1, 0.15) is 25.7 Å². The summed E-state index contributed by atoms with van der Waals surface area (Å²) in [5.41, 5.74) is 0. The topological polar surface area (TPSA) is 69.6 Å². The van der Waals surface area contributed by atoms with Gasteiger partial charge in [0, 0.05) is 19.6 Å². The molecule has 1 heterocycles. The van der Waals surface area contributed by atoms with Crippen molar-refractivity contribution < 1.29 is 41.0 Å². The lowest BCUT2D eigenvalue weighted by Gasteiger charge is -2.33. The molecule has 5 nitrogen and oxygen atoms in total. The molecule has 0 aromatic carbocycles. The van der Waals surface area contributed by atoms with E-state index in [1.54, 1.807) is 0 Å². The summed E-state index contributed by atoms with van der Waals surface area (Å²) >= 11 is 0. The van der Waals surface area contributed by atoms with E-state index < -0.39 is 61.1 Å². The highest BCUT2D eigenvalue weighted by molar-refractivity contribution is 5.77. The average molecular weight is 390 g/mol. The molecule has 2 fully saturated rings. The first-order valence-electron chi connectivity index (χ1n) is 8.30. The number of carboxylic acids is 1. The van der Waals surface area contributed by atoms with Gasteiger partial charge in [-0.3, -0.25) is 4.79 Å². The Labute approximate surface area is 145 Å². The third-order valence-electron chi connectivity index (χ3n) is 5.19. The predicted molar refractivity (Wildman–Crippen MR) is 77.1 cm³/mol. The lowest BCUT2D eigenvalue weighted by molar-refractivity contribution is -0.195. The zero-order valence-electron chi connectivity index (χ0n) is 13.7. The fourth-order valence-corrected chi connectivity index (χ4v) is 3.76. The Hall–Kier alpha value is -1.68. The Morgan fingerprint density at radius 2 is 1.54 bits per heavy atom. The molecule has 1 saturated heterocycles. The van der Waals surface area contributed by atoms with Gasteiger partial charge in [0.15, 0.2) is 0 Å². The zero-order valence-corrected chi connectivity index (χ0v) is 13.7. The molecular formula is C15H20F6N2O3. The summed E-state index contributed by atoms with van der Waals surface area (Å²) in [7, 11) is 0.